The summed E-state index contributed by atoms with van der Waals surface area (Å²) in [4.78, 5) is 0. The van der Waals surface area contributed by atoms with Crippen LogP contribution in [0.15, 0.2) is 6.07 Å². The summed E-state index contributed by atoms with van der Waals surface area (Å²) in [6, 6.07) is 0.947. The second-order valence-corrected chi connectivity index (χ2v) is 3.63. The molecule has 76 valence electrons. The van der Waals surface area contributed by atoms with E-state index in [2.05, 4.69) is 0 Å². The van der Waals surface area contributed by atoms with Crippen LogP contribution >= 0.6 is 11.6 Å². The molecule has 0 fully saturated rings. The van der Waals surface area contributed by atoms with Crippen molar-refractivity contribution in [2.24, 2.45) is 5.73 Å². The maximum absolute atomic E-state index is 13.3. The molecule has 2 rings (SSSR count). The van der Waals surface area contributed by atoms with Crippen molar-refractivity contribution in [1.29, 1.82) is 0 Å². The summed E-state index contributed by atoms with van der Waals surface area (Å²) in [5.74, 6) is -1.59. The van der Waals surface area contributed by atoms with Gasteiger partial charge in [-0.25, -0.2) is 8.78 Å². The Morgan fingerprint density at radius 3 is 2.93 bits per heavy atom. The molecule has 1 aliphatic heterocycles. The Balaban J connectivity index is 2.54. The fourth-order valence-corrected chi connectivity index (χ4v) is 1.61. The molecule has 1 aromatic rings. The Bertz CT molecular complexity index is 384. The predicted octanol–water partition coefficient (Wildman–Crippen LogP) is 1.88. The molecule has 0 bridgehead atoms. The third-order valence-corrected chi connectivity index (χ3v) is 2.46. The molecule has 0 saturated heterocycles. The first kappa shape index (κ1) is 9.68. The van der Waals surface area contributed by atoms with E-state index in [1.54, 1.807) is 0 Å². The van der Waals surface area contributed by atoms with Crippen molar-refractivity contribution in [3.63, 3.8) is 0 Å². The molecule has 0 spiro atoms. The third kappa shape index (κ3) is 1.44. The Hall–Kier alpha value is -0.870. The summed E-state index contributed by atoms with van der Waals surface area (Å²) in [7, 11) is 0. The van der Waals surface area contributed by atoms with Crippen LogP contribution in [-0.4, -0.2) is 12.6 Å². The number of halogens is 3. The number of hydrogen-bond acceptors (Lipinski definition) is 2. The lowest BCUT2D eigenvalue weighted by atomic mass is 10.0. The van der Waals surface area contributed by atoms with Crippen molar-refractivity contribution in [2.75, 3.05) is 6.61 Å². The summed E-state index contributed by atoms with van der Waals surface area (Å²) in [5, 5.41) is -0.528. The monoisotopic (exact) mass is 219 g/mol. The van der Waals surface area contributed by atoms with Gasteiger partial charge in [-0.15, -0.1) is 0 Å². The van der Waals surface area contributed by atoms with Crippen LogP contribution in [0.2, 0.25) is 5.02 Å². The number of ether oxygens (including phenoxy) is 1. The number of benzene rings is 1. The lowest BCUT2D eigenvalue weighted by Crippen LogP contribution is -2.34. The molecule has 0 unspecified atom stereocenters. The SMILES string of the molecule is N[C@@H]1COc2c(cc(F)c(Cl)c2F)C1. The van der Waals surface area contributed by atoms with Crippen LogP contribution in [0.3, 0.4) is 0 Å². The molecule has 1 atom stereocenters. The van der Waals surface area contributed by atoms with Crippen LogP contribution in [0.25, 0.3) is 0 Å². The molecule has 1 heterocycles. The zero-order chi connectivity index (χ0) is 10.3. The van der Waals surface area contributed by atoms with Gasteiger partial charge >= 0.3 is 0 Å². The maximum Gasteiger partial charge on any atom is 0.186 e. The molecule has 0 aromatic heterocycles. The van der Waals surface area contributed by atoms with E-state index in [-0.39, 0.29) is 18.4 Å². The van der Waals surface area contributed by atoms with Crippen molar-refractivity contribution in [3.05, 3.63) is 28.3 Å². The van der Waals surface area contributed by atoms with Gasteiger partial charge in [0.15, 0.2) is 11.6 Å². The zero-order valence-electron chi connectivity index (χ0n) is 7.19. The summed E-state index contributed by atoms with van der Waals surface area (Å²) < 4.78 is 31.4. The quantitative estimate of drug-likeness (QED) is 0.677. The lowest BCUT2D eigenvalue weighted by Gasteiger charge is -2.23. The van der Waals surface area contributed by atoms with Gasteiger partial charge in [-0.3, -0.25) is 0 Å². The van der Waals surface area contributed by atoms with Gasteiger partial charge in [-0.05, 0) is 12.5 Å². The van der Waals surface area contributed by atoms with E-state index in [1.165, 1.54) is 6.07 Å². The van der Waals surface area contributed by atoms with Gasteiger partial charge in [0.1, 0.15) is 17.4 Å². The van der Waals surface area contributed by atoms with Crippen LogP contribution < -0.4 is 10.5 Å². The van der Waals surface area contributed by atoms with E-state index in [4.69, 9.17) is 22.1 Å². The Kier molecular flexibility index (Phi) is 2.33. The Morgan fingerprint density at radius 2 is 2.21 bits per heavy atom. The molecule has 1 aliphatic rings. The van der Waals surface area contributed by atoms with Gasteiger partial charge in [-0.2, -0.15) is 0 Å². The normalized spacial score (nSPS) is 20.1. The van der Waals surface area contributed by atoms with Crippen LogP contribution in [-0.2, 0) is 6.42 Å². The topological polar surface area (TPSA) is 35.2 Å². The molecule has 2 nitrogen and oxygen atoms in total. The molecule has 5 heteroatoms. The maximum atomic E-state index is 13.3. The molecular weight excluding hydrogens is 212 g/mol. The Labute approximate surface area is 84.6 Å². The number of fused-ring (bicyclic) bond motifs is 1. The Morgan fingerprint density at radius 1 is 1.50 bits per heavy atom. The van der Waals surface area contributed by atoms with Gasteiger partial charge < -0.3 is 10.5 Å². The molecular formula is C9H8ClF2NO. The average molecular weight is 220 g/mol. The molecule has 0 amide bonds. The lowest BCUT2D eigenvalue weighted by molar-refractivity contribution is 0.249. The largest absolute Gasteiger partial charge is 0.489 e. The first-order chi connectivity index (χ1) is 6.59. The van der Waals surface area contributed by atoms with Crippen molar-refractivity contribution < 1.29 is 13.5 Å². The summed E-state index contributed by atoms with van der Waals surface area (Å²) in [6.07, 6.45) is 0.403. The van der Waals surface area contributed by atoms with Gasteiger partial charge in [0.2, 0.25) is 0 Å². The summed E-state index contributed by atoms with van der Waals surface area (Å²) in [6.45, 7) is 0.228. The van der Waals surface area contributed by atoms with Crippen molar-refractivity contribution in [1.82, 2.24) is 0 Å². The number of rotatable bonds is 0. The fraction of sp³-hybridized carbons (Fsp3) is 0.333. The summed E-state index contributed by atoms with van der Waals surface area (Å²) >= 11 is 5.39. The molecule has 1 aromatic carbocycles. The van der Waals surface area contributed by atoms with Gasteiger partial charge in [0, 0.05) is 11.6 Å². The smallest absolute Gasteiger partial charge is 0.186 e. The highest BCUT2D eigenvalue weighted by molar-refractivity contribution is 6.31. The zero-order valence-corrected chi connectivity index (χ0v) is 7.94. The van der Waals surface area contributed by atoms with Crippen molar-refractivity contribution in [3.8, 4) is 5.75 Å². The molecule has 0 aliphatic carbocycles. The minimum atomic E-state index is -0.839. The third-order valence-electron chi connectivity index (χ3n) is 2.12. The van der Waals surface area contributed by atoms with Crippen LogP contribution in [0.5, 0.6) is 5.75 Å². The van der Waals surface area contributed by atoms with Gasteiger partial charge in [-0.1, -0.05) is 11.6 Å². The van der Waals surface area contributed by atoms with Crippen LogP contribution in [0.4, 0.5) is 8.78 Å². The second-order valence-electron chi connectivity index (χ2n) is 3.25. The van der Waals surface area contributed by atoms with Crippen LogP contribution in [0.1, 0.15) is 5.56 Å². The standard InChI is InChI=1S/C9H8ClF2NO/c10-7-6(11)2-4-1-5(13)3-14-9(4)8(7)12/h2,5H,1,3,13H2/t5-/m0/s1. The highest BCUT2D eigenvalue weighted by atomic mass is 35.5. The van der Waals surface area contributed by atoms with Crippen molar-refractivity contribution >= 4 is 11.6 Å². The van der Waals surface area contributed by atoms with E-state index < -0.39 is 16.7 Å². The minimum absolute atomic E-state index is 0.0260. The minimum Gasteiger partial charge on any atom is -0.489 e. The van der Waals surface area contributed by atoms with Gasteiger partial charge in [0.05, 0.1) is 0 Å². The van der Waals surface area contributed by atoms with E-state index in [0.29, 0.717) is 12.0 Å². The highest BCUT2D eigenvalue weighted by Crippen LogP contribution is 2.34. The fourth-order valence-electron chi connectivity index (χ4n) is 1.47. The van der Waals surface area contributed by atoms with Crippen LogP contribution in [0, 0.1) is 11.6 Å². The van der Waals surface area contributed by atoms with Gasteiger partial charge in [0.25, 0.3) is 0 Å². The van der Waals surface area contributed by atoms with E-state index in [9.17, 15) is 8.78 Å². The first-order valence-corrected chi connectivity index (χ1v) is 4.52. The van der Waals surface area contributed by atoms with Crippen molar-refractivity contribution in [2.45, 2.75) is 12.5 Å². The van der Waals surface area contributed by atoms with E-state index in [0.717, 1.165) is 0 Å². The highest BCUT2D eigenvalue weighted by Gasteiger charge is 2.24. The number of nitrogens with two attached hydrogens (primary N) is 1. The number of hydrogen-bond donors (Lipinski definition) is 1. The molecule has 14 heavy (non-hydrogen) atoms. The second kappa shape index (κ2) is 3.37. The van der Waals surface area contributed by atoms with E-state index >= 15 is 0 Å². The molecule has 0 radical (unpaired) electrons. The summed E-state index contributed by atoms with van der Waals surface area (Å²) in [5.41, 5.74) is 6.02. The molecule has 0 saturated carbocycles. The molecule has 2 N–H and O–H groups in total. The first-order valence-electron chi connectivity index (χ1n) is 4.14. The predicted molar refractivity (Wildman–Crippen MR) is 48.5 cm³/mol. The van der Waals surface area contributed by atoms with E-state index in [1.807, 2.05) is 0 Å². The average Bonchev–Trinajstić information content (AvgIpc) is 2.14.